The Morgan fingerprint density at radius 3 is 2.42 bits per heavy atom. The summed E-state index contributed by atoms with van der Waals surface area (Å²) in [5, 5.41) is 9.57. The average molecular weight is 276 g/mol. The number of rotatable bonds is 4. The Balaban J connectivity index is 1.86. The Kier molecular flexibility index (Phi) is 5.56. The van der Waals surface area contributed by atoms with Crippen molar-refractivity contribution in [3.63, 3.8) is 0 Å². The van der Waals surface area contributed by atoms with Gasteiger partial charge in [-0.3, -0.25) is 0 Å². The van der Waals surface area contributed by atoms with Crippen molar-refractivity contribution in [1.82, 2.24) is 0 Å². The number of hydrogen-bond donors (Lipinski definition) is 1. The lowest BCUT2D eigenvalue weighted by Gasteiger charge is -2.38. The van der Waals surface area contributed by atoms with Gasteiger partial charge in [-0.25, -0.2) is 0 Å². The predicted octanol–water partition coefficient (Wildman–Crippen LogP) is 0.523. The van der Waals surface area contributed by atoms with E-state index in [4.69, 9.17) is 23.7 Å². The van der Waals surface area contributed by atoms with Gasteiger partial charge >= 0.3 is 0 Å². The Bertz CT molecular complexity index is 274. The number of aliphatic hydroxyl groups is 1. The van der Waals surface area contributed by atoms with Crippen LogP contribution in [0.3, 0.4) is 0 Å². The van der Waals surface area contributed by atoms with E-state index in [1.165, 1.54) is 0 Å². The molecule has 0 aliphatic carbocycles. The van der Waals surface area contributed by atoms with Crippen molar-refractivity contribution < 1.29 is 28.8 Å². The lowest BCUT2D eigenvalue weighted by molar-refractivity contribution is -0.287. The van der Waals surface area contributed by atoms with E-state index in [0.29, 0.717) is 25.6 Å². The predicted molar refractivity (Wildman–Crippen MR) is 66.6 cm³/mol. The average Bonchev–Trinajstić information content (AvgIpc) is 2.42. The van der Waals surface area contributed by atoms with E-state index in [2.05, 4.69) is 6.92 Å². The van der Waals surface area contributed by atoms with Crippen molar-refractivity contribution in [3.8, 4) is 0 Å². The highest BCUT2D eigenvalue weighted by Gasteiger charge is 2.36. The summed E-state index contributed by atoms with van der Waals surface area (Å²) in [6.45, 7) is 3.14. The van der Waals surface area contributed by atoms with Gasteiger partial charge < -0.3 is 28.8 Å². The van der Waals surface area contributed by atoms with Gasteiger partial charge in [0, 0.05) is 20.6 Å². The fraction of sp³-hybridized carbons (Fsp3) is 1.00. The van der Waals surface area contributed by atoms with Crippen molar-refractivity contribution in [1.29, 1.82) is 0 Å². The van der Waals surface area contributed by atoms with E-state index in [0.717, 1.165) is 6.42 Å². The summed E-state index contributed by atoms with van der Waals surface area (Å²) < 4.78 is 27.4. The zero-order valence-corrected chi connectivity index (χ0v) is 11.8. The minimum absolute atomic E-state index is 0.0587. The molecule has 19 heavy (non-hydrogen) atoms. The van der Waals surface area contributed by atoms with Crippen molar-refractivity contribution in [2.24, 2.45) is 5.92 Å². The molecule has 6 nitrogen and oxygen atoms in total. The van der Waals surface area contributed by atoms with Crippen molar-refractivity contribution in [2.75, 3.05) is 27.4 Å². The maximum Gasteiger partial charge on any atom is 0.184 e. The summed E-state index contributed by atoms with van der Waals surface area (Å²) >= 11 is 0. The van der Waals surface area contributed by atoms with E-state index in [-0.39, 0.29) is 24.6 Å². The van der Waals surface area contributed by atoms with E-state index < -0.39 is 6.29 Å². The molecule has 112 valence electrons. The minimum Gasteiger partial charge on any atom is -0.376 e. The Labute approximate surface area is 113 Å². The molecule has 0 radical (unpaired) electrons. The third kappa shape index (κ3) is 3.87. The molecule has 2 fully saturated rings. The van der Waals surface area contributed by atoms with Gasteiger partial charge in [-0.2, -0.15) is 0 Å². The SMILES string of the molecule is COC1C[C@H](C)CO[C@@H]1O[C@H]1CO[C@@H](O)C(OC)C1. The van der Waals surface area contributed by atoms with E-state index in [1.54, 1.807) is 14.2 Å². The van der Waals surface area contributed by atoms with Crippen LogP contribution in [-0.2, 0) is 23.7 Å². The maximum atomic E-state index is 9.57. The summed E-state index contributed by atoms with van der Waals surface area (Å²) in [6.07, 6.45) is -0.310. The second-order valence-corrected chi connectivity index (χ2v) is 5.31. The maximum absolute atomic E-state index is 9.57. The molecule has 2 aliphatic rings. The summed E-state index contributed by atoms with van der Waals surface area (Å²) in [6, 6.07) is 0. The van der Waals surface area contributed by atoms with Crippen LogP contribution in [0.4, 0.5) is 0 Å². The van der Waals surface area contributed by atoms with Crippen LogP contribution in [0.25, 0.3) is 0 Å². The molecule has 0 saturated carbocycles. The fourth-order valence-electron chi connectivity index (χ4n) is 2.53. The molecule has 0 amide bonds. The highest BCUT2D eigenvalue weighted by molar-refractivity contribution is 4.78. The van der Waals surface area contributed by atoms with Crippen LogP contribution in [0.2, 0.25) is 0 Å². The monoisotopic (exact) mass is 276 g/mol. The highest BCUT2D eigenvalue weighted by atomic mass is 16.7. The molecule has 2 heterocycles. The first-order valence-electron chi connectivity index (χ1n) is 6.76. The molecule has 0 aromatic heterocycles. The van der Waals surface area contributed by atoms with E-state index >= 15 is 0 Å². The third-order valence-electron chi connectivity index (χ3n) is 3.68. The fourth-order valence-corrected chi connectivity index (χ4v) is 2.53. The summed E-state index contributed by atoms with van der Waals surface area (Å²) in [4.78, 5) is 0. The lowest BCUT2D eigenvalue weighted by Crippen LogP contribution is -2.48. The van der Waals surface area contributed by atoms with Crippen LogP contribution in [0.15, 0.2) is 0 Å². The number of aliphatic hydroxyl groups excluding tert-OH is 1. The normalized spacial score (nSPS) is 44.2. The standard InChI is InChI=1S/C13H24O6/c1-8-4-11(16-3)13(18-6-8)19-9-5-10(15-2)12(14)17-7-9/h8-14H,4-7H2,1-3H3/t8-,9+,10?,11?,12+,13+/m0/s1. The van der Waals surface area contributed by atoms with E-state index in [9.17, 15) is 5.11 Å². The van der Waals surface area contributed by atoms with Gasteiger partial charge in [-0.05, 0) is 12.3 Å². The topological polar surface area (TPSA) is 66.4 Å². The van der Waals surface area contributed by atoms with Crippen LogP contribution in [0, 0.1) is 5.92 Å². The van der Waals surface area contributed by atoms with Gasteiger partial charge in [0.15, 0.2) is 12.6 Å². The molecule has 2 saturated heterocycles. The minimum atomic E-state index is -0.879. The van der Waals surface area contributed by atoms with Crippen molar-refractivity contribution in [2.45, 2.75) is 50.7 Å². The van der Waals surface area contributed by atoms with E-state index in [1.807, 2.05) is 0 Å². The molecule has 0 bridgehead atoms. The summed E-state index contributed by atoms with van der Waals surface area (Å²) in [5.41, 5.74) is 0. The van der Waals surface area contributed by atoms with Gasteiger partial charge in [0.05, 0.1) is 19.3 Å². The lowest BCUT2D eigenvalue weighted by atomic mass is 10.0. The molecule has 0 aromatic rings. The first kappa shape index (κ1) is 15.2. The van der Waals surface area contributed by atoms with Gasteiger partial charge in [0.25, 0.3) is 0 Å². The molecule has 2 rings (SSSR count). The number of hydrogen-bond acceptors (Lipinski definition) is 6. The van der Waals surface area contributed by atoms with Crippen LogP contribution >= 0.6 is 0 Å². The first-order valence-corrected chi connectivity index (χ1v) is 6.76. The highest BCUT2D eigenvalue weighted by Crippen LogP contribution is 2.26. The molecular weight excluding hydrogens is 252 g/mol. The zero-order valence-electron chi connectivity index (χ0n) is 11.8. The number of methoxy groups -OCH3 is 2. The van der Waals surface area contributed by atoms with Gasteiger partial charge in [0.2, 0.25) is 0 Å². The zero-order chi connectivity index (χ0) is 13.8. The largest absolute Gasteiger partial charge is 0.376 e. The molecular formula is C13H24O6. The summed E-state index contributed by atoms with van der Waals surface area (Å²) in [5.74, 6) is 0.473. The van der Waals surface area contributed by atoms with Gasteiger partial charge in [0.1, 0.15) is 12.2 Å². The van der Waals surface area contributed by atoms with Gasteiger partial charge in [-0.1, -0.05) is 6.92 Å². The first-order chi connectivity index (χ1) is 9.13. The van der Waals surface area contributed by atoms with Crippen molar-refractivity contribution >= 4 is 0 Å². The Hall–Kier alpha value is -0.240. The smallest absolute Gasteiger partial charge is 0.184 e. The Morgan fingerprint density at radius 2 is 1.74 bits per heavy atom. The van der Waals surface area contributed by atoms with Gasteiger partial charge in [-0.15, -0.1) is 0 Å². The number of ether oxygens (including phenoxy) is 5. The second-order valence-electron chi connectivity index (χ2n) is 5.31. The molecule has 6 heteroatoms. The molecule has 6 atom stereocenters. The summed E-state index contributed by atoms with van der Waals surface area (Å²) in [7, 11) is 3.22. The van der Waals surface area contributed by atoms with Crippen LogP contribution < -0.4 is 0 Å². The van der Waals surface area contributed by atoms with Crippen LogP contribution in [-0.4, -0.2) is 63.4 Å². The van der Waals surface area contributed by atoms with Crippen LogP contribution in [0.5, 0.6) is 0 Å². The second kappa shape index (κ2) is 6.97. The molecule has 0 aromatic carbocycles. The molecule has 0 spiro atoms. The van der Waals surface area contributed by atoms with Crippen molar-refractivity contribution in [3.05, 3.63) is 0 Å². The van der Waals surface area contributed by atoms with Crippen LogP contribution in [0.1, 0.15) is 19.8 Å². The molecule has 2 aliphatic heterocycles. The third-order valence-corrected chi connectivity index (χ3v) is 3.68. The quantitative estimate of drug-likeness (QED) is 0.807. The molecule has 1 N–H and O–H groups in total. The Morgan fingerprint density at radius 1 is 1.00 bits per heavy atom. The molecule has 2 unspecified atom stereocenters.